The lowest BCUT2D eigenvalue weighted by molar-refractivity contribution is 0.0349. The maximum absolute atomic E-state index is 11.5. The Morgan fingerprint density at radius 2 is 2.28 bits per heavy atom. The highest BCUT2D eigenvalue weighted by molar-refractivity contribution is 7.09. The highest BCUT2D eigenvalue weighted by Crippen LogP contribution is 2.19. The Labute approximate surface area is 110 Å². The van der Waals surface area contributed by atoms with Crippen molar-refractivity contribution in [1.29, 1.82) is 0 Å². The Bertz CT molecular complexity index is 375. The van der Waals surface area contributed by atoms with Crippen molar-refractivity contribution in [3.63, 3.8) is 0 Å². The number of carbonyl (C=O) groups is 1. The van der Waals surface area contributed by atoms with E-state index in [1.807, 2.05) is 0 Å². The van der Waals surface area contributed by atoms with Gasteiger partial charge in [-0.15, -0.1) is 11.3 Å². The predicted octanol–water partition coefficient (Wildman–Crippen LogP) is 1.06. The molecule has 3 N–H and O–H groups in total. The van der Waals surface area contributed by atoms with Crippen molar-refractivity contribution in [2.75, 3.05) is 6.61 Å². The summed E-state index contributed by atoms with van der Waals surface area (Å²) >= 11 is 1.25. The van der Waals surface area contributed by atoms with Crippen molar-refractivity contribution in [3.05, 3.63) is 16.6 Å². The first-order chi connectivity index (χ1) is 8.33. The second-order valence-corrected chi connectivity index (χ2v) is 5.68. The fraction of sp³-hybridized carbons (Fsp3) is 0.636. The van der Waals surface area contributed by atoms with E-state index in [-0.39, 0.29) is 0 Å². The van der Waals surface area contributed by atoms with Crippen LogP contribution in [-0.4, -0.2) is 39.5 Å². The molecule has 1 aromatic rings. The highest BCUT2D eigenvalue weighted by Gasteiger charge is 2.26. The number of aliphatic hydroxyl groups excluding tert-OH is 2. The molecule has 0 fully saturated rings. The molecule has 0 saturated heterocycles. The first kappa shape index (κ1) is 14.9. The summed E-state index contributed by atoms with van der Waals surface area (Å²) in [4.78, 5) is 15.5. The van der Waals surface area contributed by atoms with Crippen molar-refractivity contribution in [3.8, 4) is 0 Å². The number of thiazole rings is 1. The maximum Gasteiger partial charge on any atom is 0.408 e. The van der Waals surface area contributed by atoms with Crippen LogP contribution in [-0.2, 0) is 4.74 Å². The summed E-state index contributed by atoms with van der Waals surface area (Å²) < 4.78 is 5.05. The number of rotatable bonds is 4. The molecule has 0 aliphatic heterocycles. The van der Waals surface area contributed by atoms with E-state index in [1.54, 1.807) is 32.3 Å². The molecule has 1 rings (SSSR count). The molecular weight excluding hydrogens is 256 g/mol. The van der Waals surface area contributed by atoms with Crippen molar-refractivity contribution in [1.82, 2.24) is 10.3 Å². The number of ether oxygens (including phenoxy) is 1. The molecule has 1 aromatic heterocycles. The van der Waals surface area contributed by atoms with E-state index >= 15 is 0 Å². The lowest BCUT2D eigenvalue weighted by Gasteiger charge is -2.24. The molecule has 18 heavy (non-hydrogen) atoms. The number of carbonyl (C=O) groups excluding carboxylic acids is 1. The summed E-state index contributed by atoms with van der Waals surface area (Å²) in [5.74, 6) is 0. The van der Waals surface area contributed by atoms with E-state index in [1.165, 1.54) is 11.3 Å². The third kappa shape index (κ3) is 4.59. The summed E-state index contributed by atoms with van der Waals surface area (Å²) in [5, 5.41) is 23.7. The molecule has 2 atom stereocenters. The Morgan fingerprint density at radius 1 is 1.61 bits per heavy atom. The molecule has 1 amide bonds. The predicted molar refractivity (Wildman–Crippen MR) is 67.3 cm³/mol. The minimum absolute atomic E-state index is 0.403. The van der Waals surface area contributed by atoms with Gasteiger partial charge in [0.25, 0.3) is 0 Å². The van der Waals surface area contributed by atoms with Gasteiger partial charge in [0, 0.05) is 11.6 Å². The third-order valence-electron chi connectivity index (χ3n) is 1.98. The Morgan fingerprint density at radius 3 is 2.72 bits per heavy atom. The van der Waals surface area contributed by atoms with Gasteiger partial charge in [-0.05, 0) is 20.8 Å². The molecule has 0 bridgehead atoms. The molecular formula is C11H18N2O4S. The monoisotopic (exact) mass is 274 g/mol. The number of aromatic nitrogens is 1. The highest BCUT2D eigenvalue weighted by atomic mass is 32.1. The Hall–Kier alpha value is -1.18. The van der Waals surface area contributed by atoms with Crippen LogP contribution in [0.1, 0.15) is 31.9 Å². The summed E-state index contributed by atoms with van der Waals surface area (Å²) in [5.41, 5.74) is -0.629. The number of aliphatic hydroxyl groups is 2. The van der Waals surface area contributed by atoms with Gasteiger partial charge < -0.3 is 20.3 Å². The van der Waals surface area contributed by atoms with Gasteiger partial charge in [-0.25, -0.2) is 9.78 Å². The summed E-state index contributed by atoms with van der Waals surface area (Å²) in [6, 6.07) is -0.842. The molecule has 0 aliphatic carbocycles. The first-order valence-electron chi connectivity index (χ1n) is 5.51. The zero-order valence-electron chi connectivity index (χ0n) is 10.6. The number of hydrogen-bond acceptors (Lipinski definition) is 6. The van der Waals surface area contributed by atoms with Crippen LogP contribution in [0.3, 0.4) is 0 Å². The number of nitrogens with one attached hydrogen (secondary N) is 1. The Balaban J connectivity index is 2.59. The van der Waals surface area contributed by atoms with E-state index in [0.29, 0.717) is 5.01 Å². The molecule has 1 heterocycles. The van der Waals surface area contributed by atoms with Crippen LogP contribution in [0.2, 0.25) is 0 Å². The smallest absolute Gasteiger partial charge is 0.408 e. The molecule has 0 aromatic carbocycles. The maximum atomic E-state index is 11.5. The van der Waals surface area contributed by atoms with Crippen molar-refractivity contribution < 1.29 is 19.7 Å². The minimum Gasteiger partial charge on any atom is -0.444 e. The summed E-state index contributed by atoms with van der Waals surface area (Å²) in [6.07, 6.45) is -0.190. The van der Waals surface area contributed by atoms with Crippen LogP contribution in [0.25, 0.3) is 0 Å². The van der Waals surface area contributed by atoms with Gasteiger partial charge in [-0.1, -0.05) is 0 Å². The van der Waals surface area contributed by atoms with E-state index in [2.05, 4.69) is 10.3 Å². The fourth-order valence-electron chi connectivity index (χ4n) is 1.24. The van der Waals surface area contributed by atoms with Crippen LogP contribution in [0.4, 0.5) is 4.79 Å². The quantitative estimate of drug-likeness (QED) is 0.763. The van der Waals surface area contributed by atoms with Gasteiger partial charge in [-0.3, -0.25) is 0 Å². The molecule has 0 aliphatic rings. The molecule has 6 nitrogen and oxygen atoms in total. The number of nitrogens with zero attached hydrogens (tertiary/aromatic N) is 1. The molecule has 0 radical (unpaired) electrons. The molecule has 0 spiro atoms. The summed E-state index contributed by atoms with van der Waals surface area (Å²) in [6.45, 7) is 4.80. The fourth-order valence-corrected chi connectivity index (χ4v) is 1.92. The topological polar surface area (TPSA) is 91.7 Å². The second kappa shape index (κ2) is 6.12. The van der Waals surface area contributed by atoms with E-state index in [0.717, 1.165) is 0 Å². The molecule has 0 saturated carbocycles. The molecule has 0 unspecified atom stereocenters. The SMILES string of the molecule is CC(C)(C)OC(=O)N[C@@H](CO)[C@H](O)c1nccs1. The normalized spacial score (nSPS) is 14.9. The van der Waals surface area contributed by atoms with Gasteiger partial charge in [0.05, 0.1) is 12.6 Å². The van der Waals surface area contributed by atoms with Crippen LogP contribution in [0, 0.1) is 0 Å². The van der Waals surface area contributed by atoms with Crippen LogP contribution in [0.15, 0.2) is 11.6 Å². The summed E-state index contributed by atoms with van der Waals surface area (Å²) in [7, 11) is 0. The second-order valence-electron chi connectivity index (χ2n) is 4.75. The van der Waals surface area contributed by atoms with Crippen molar-refractivity contribution >= 4 is 17.4 Å². The van der Waals surface area contributed by atoms with Gasteiger partial charge in [-0.2, -0.15) is 0 Å². The minimum atomic E-state index is -1.05. The van der Waals surface area contributed by atoms with Gasteiger partial charge in [0.1, 0.15) is 16.7 Å². The molecule has 102 valence electrons. The number of amides is 1. The van der Waals surface area contributed by atoms with Crippen molar-refractivity contribution in [2.24, 2.45) is 0 Å². The van der Waals surface area contributed by atoms with Crippen LogP contribution < -0.4 is 5.32 Å². The first-order valence-corrected chi connectivity index (χ1v) is 6.39. The lowest BCUT2D eigenvalue weighted by atomic mass is 10.2. The average molecular weight is 274 g/mol. The van der Waals surface area contributed by atoms with Gasteiger partial charge >= 0.3 is 6.09 Å². The van der Waals surface area contributed by atoms with E-state index in [9.17, 15) is 15.0 Å². The zero-order valence-corrected chi connectivity index (χ0v) is 11.4. The van der Waals surface area contributed by atoms with Crippen molar-refractivity contribution in [2.45, 2.75) is 38.5 Å². The van der Waals surface area contributed by atoms with Gasteiger partial charge in [0.15, 0.2) is 0 Å². The Kier molecular flexibility index (Phi) is 5.06. The van der Waals surface area contributed by atoms with Crippen LogP contribution >= 0.6 is 11.3 Å². The molecule has 7 heteroatoms. The van der Waals surface area contributed by atoms with E-state index < -0.39 is 30.4 Å². The van der Waals surface area contributed by atoms with E-state index in [4.69, 9.17) is 4.74 Å². The van der Waals surface area contributed by atoms with Crippen LogP contribution in [0.5, 0.6) is 0 Å². The number of alkyl carbamates (subject to hydrolysis) is 1. The number of hydrogen-bond donors (Lipinski definition) is 3. The lowest BCUT2D eigenvalue weighted by Crippen LogP contribution is -2.44. The third-order valence-corrected chi connectivity index (χ3v) is 2.83. The zero-order chi connectivity index (χ0) is 13.8. The van der Waals surface area contributed by atoms with Gasteiger partial charge in [0.2, 0.25) is 0 Å². The average Bonchev–Trinajstić information content (AvgIpc) is 2.75. The standard InChI is InChI=1S/C11H18N2O4S/c1-11(2,3)17-10(16)13-7(6-14)8(15)9-12-4-5-18-9/h4-5,7-8,14-15H,6H2,1-3H3,(H,13,16)/t7-,8-/m0/s1. The largest absolute Gasteiger partial charge is 0.444 e.